The fourth-order valence-corrected chi connectivity index (χ4v) is 3.49. The summed E-state index contributed by atoms with van der Waals surface area (Å²) in [7, 11) is 6.28. The lowest BCUT2D eigenvalue weighted by molar-refractivity contribution is 0.349. The molecule has 0 aliphatic heterocycles. The predicted octanol–water partition coefficient (Wildman–Crippen LogP) is 4.22. The van der Waals surface area contributed by atoms with Gasteiger partial charge < -0.3 is 24.1 Å². The smallest absolute Gasteiger partial charge is 0.164 e. The van der Waals surface area contributed by atoms with Gasteiger partial charge in [-0.05, 0) is 35.3 Å². The van der Waals surface area contributed by atoms with Gasteiger partial charge in [-0.25, -0.2) is 0 Å². The average Bonchev–Trinajstić information content (AvgIpc) is 3.16. The summed E-state index contributed by atoms with van der Waals surface area (Å²) in [5.41, 5.74) is 2.53. The molecular weight excluding hydrogens is 354 g/mol. The number of hydrogen-bond donors (Lipinski definition) is 1. The first kappa shape index (κ1) is 17.9. The predicted molar refractivity (Wildman–Crippen MR) is 101 cm³/mol. The van der Waals surface area contributed by atoms with Crippen LogP contribution in [-0.2, 0) is 0 Å². The lowest BCUT2D eigenvalue weighted by Crippen LogP contribution is -1.94. The van der Waals surface area contributed by atoms with Crippen LogP contribution in [0, 0.1) is 0 Å². The van der Waals surface area contributed by atoms with Crippen molar-refractivity contribution in [1.29, 1.82) is 0 Å². The topological polar surface area (TPSA) is 70.0 Å². The quantitative estimate of drug-likeness (QED) is 0.698. The maximum Gasteiger partial charge on any atom is 0.164 e. The van der Waals surface area contributed by atoms with Crippen LogP contribution in [0.4, 0.5) is 0 Å². The minimum absolute atomic E-state index is 0.0708. The third kappa shape index (κ3) is 3.13. The van der Waals surface area contributed by atoms with Gasteiger partial charge in [0, 0.05) is 23.4 Å². The second-order valence-electron chi connectivity index (χ2n) is 5.36. The van der Waals surface area contributed by atoms with Crippen molar-refractivity contribution in [1.82, 2.24) is 4.37 Å². The largest absolute Gasteiger partial charge is 0.504 e. The molecule has 6 nitrogen and oxygen atoms in total. The van der Waals surface area contributed by atoms with E-state index in [1.165, 1.54) is 18.6 Å². The van der Waals surface area contributed by atoms with E-state index in [0.717, 1.165) is 21.6 Å². The Morgan fingerprint density at radius 1 is 0.769 bits per heavy atom. The molecule has 0 spiro atoms. The molecule has 0 unspecified atom stereocenters. The van der Waals surface area contributed by atoms with Crippen molar-refractivity contribution in [2.45, 2.75) is 0 Å². The normalized spacial score (nSPS) is 10.5. The van der Waals surface area contributed by atoms with Gasteiger partial charge in [-0.1, -0.05) is 6.07 Å². The molecule has 0 fully saturated rings. The average molecular weight is 373 g/mol. The Hall–Kier alpha value is -2.93. The van der Waals surface area contributed by atoms with Gasteiger partial charge >= 0.3 is 0 Å². The van der Waals surface area contributed by atoms with E-state index in [1.54, 1.807) is 45.7 Å². The minimum Gasteiger partial charge on any atom is -0.504 e. The van der Waals surface area contributed by atoms with Crippen molar-refractivity contribution >= 4 is 11.5 Å². The van der Waals surface area contributed by atoms with Crippen LogP contribution in [0.15, 0.2) is 36.5 Å². The van der Waals surface area contributed by atoms with Crippen molar-refractivity contribution in [3.8, 4) is 50.3 Å². The molecule has 3 aromatic rings. The maximum atomic E-state index is 10.1. The van der Waals surface area contributed by atoms with Gasteiger partial charge in [0.15, 0.2) is 23.0 Å². The molecule has 1 N–H and O–H groups in total. The Kier molecular flexibility index (Phi) is 5.18. The molecular formula is C19H19NO5S. The number of ether oxygens (including phenoxy) is 4. The van der Waals surface area contributed by atoms with Gasteiger partial charge in [0.2, 0.25) is 0 Å². The van der Waals surface area contributed by atoms with E-state index in [2.05, 4.69) is 4.37 Å². The number of phenolic OH excluding ortho intramolecular Hbond substituents is 1. The number of hydrogen-bond acceptors (Lipinski definition) is 7. The molecule has 0 atom stereocenters. The highest BCUT2D eigenvalue weighted by atomic mass is 32.1. The summed E-state index contributed by atoms with van der Waals surface area (Å²) in [6, 6.07) is 8.89. The summed E-state index contributed by atoms with van der Waals surface area (Å²) in [5, 5.41) is 10.1. The molecule has 136 valence electrons. The molecule has 26 heavy (non-hydrogen) atoms. The molecule has 0 aliphatic carbocycles. The van der Waals surface area contributed by atoms with Crippen LogP contribution in [0.2, 0.25) is 0 Å². The Morgan fingerprint density at radius 2 is 1.42 bits per heavy atom. The van der Waals surface area contributed by atoms with Crippen molar-refractivity contribution in [2.24, 2.45) is 0 Å². The summed E-state index contributed by atoms with van der Waals surface area (Å²) in [4.78, 5) is 0.896. The molecule has 2 aromatic carbocycles. The molecule has 0 bridgehead atoms. The number of benzene rings is 2. The highest BCUT2D eigenvalue weighted by molar-refractivity contribution is 7.10. The second-order valence-corrected chi connectivity index (χ2v) is 6.16. The van der Waals surface area contributed by atoms with Crippen molar-refractivity contribution in [3.63, 3.8) is 0 Å². The first-order valence-electron chi connectivity index (χ1n) is 7.75. The van der Waals surface area contributed by atoms with Gasteiger partial charge in [0.1, 0.15) is 5.75 Å². The zero-order valence-electron chi connectivity index (χ0n) is 14.9. The highest BCUT2D eigenvalue weighted by Gasteiger charge is 2.19. The molecule has 3 rings (SSSR count). The van der Waals surface area contributed by atoms with Crippen LogP contribution < -0.4 is 18.9 Å². The van der Waals surface area contributed by atoms with E-state index < -0.39 is 0 Å². The van der Waals surface area contributed by atoms with Crippen LogP contribution in [0.1, 0.15) is 0 Å². The van der Waals surface area contributed by atoms with Crippen molar-refractivity contribution < 1.29 is 24.1 Å². The van der Waals surface area contributed by atoms with Gasteiger partial charge in [0.05, 0.1) is 33.3 Å². The summed E-state index contributed by atoms with van der Waals surface area (Å²) < 4.78 is 25.7. The Bertz CT molecular complexity index is 922. The van der Waals surface area contributed by atoms with E-state index in [4.69, 9.17) is 18.9 Å². The summed E-state index contributed by atoms with van der Waals surface area (Å²) in [5.74, 6) is 2.32. The molecule has 0 aliphatic rings. The molecule has 0 saturated heterocycles. The van der Waals surface area contributed by atoms with Gasteiger partial charge in [-0.3, -0.25) is 0 Å². The Morgan fingerprint density at radius 3 is 2.04 bits per heavy atom. The molecule has 0 radical (unpaired) electrons. The zero-order valence-corrected chi connectivity index (χ0v) is 15.7. The fourth-order valence-electron chi connectivity index (χ4n) is 2.70. The van der Waals surface area contributed by atoms with Crippen LogP contribution >= 0.6 is 11.5 Å². The number of aromatic nitrogens is 1. The third-order valence-corrected chi connectivity index (χ3v) is 4.84. The SMILES string of the molecule is COc1ccc(-c2cnsc2-c2cc(OC)c(OC)cc2OC)cc1O. The lowest BCUT2D eigenvalue weighted by Gasteiger charge is -2.14. The number of phenols is 1. The summed E-state index contributed by atoms with van der Waals surface area (Å²) in [6.07, 6.45) is 1.76. The summed E-state index contributed by atoms with van der Waals surface area (Å²) >= 11 is 1.34. The van der Waals surface area contributed by atoms with Crippen LogP contribution in [0.5, 0.6) is 28.7 Å². The van der Waals surface area contributed by atoms with Crippen LogP contribution in [-0.4, -0.2) is 37.9 Å². The van der Waals surface area contributed by atoms with Gasteiger partial charge in [0.25, 0.3) is 0 Å². The van der Waals surface area contributed by atoms with E-state index in [1.807, 2.05) is 12.1 Å². The monoisotopic (exact) mass is 373 g/mol. The Balaban J connectivity index is 2.15. The number of methoxy groups -OCH3 is 4. The summed E-state index contributed by atoms with van der Waals surface area (Å²) in [6.45, 7) is 0. The van der Waals surface area contributed by atoms with E-state index in [0.29, 0.717) is 23.0 Å². The fraction of sp³-hybridized carbons (Fsp3) is 0.211. The molecule has 0 amide bonds. The first-order valence-corrected chi connectivity index (χ1v) is 8.52. The first-order chi connectivity index (χ1) is 12.6. The van der Waals surface area contributed by atoms with Crippen LogP contribution in [0.25, 0.3) is 21.6 Å². The van der Waals surface area contributed by atoms with Crippen molar-refractivity contribution in [2.75, 3.05) is 28.4 Å². The molecule has 1 heterocycles. The molecule has 7 heteroatoms. The van der Waals surface area contributed by atoms with Gasteiger partial charge in [-0.2, -0.15) is 4.37 Å². The van der Waals surface area contributed by atoms with E-state index in [-0.39, 0.29) is 5.75 Å². The zero-order chi connectivity index (χ0) is 18.7. The van der Waals surface area contributed by atoms with Crippen molar-refractivity contribution in [3.05, 3.63) is 36.5 Å². The standard InChI is InChI=1S/C19H19NO5S/c1-22-15-6-5-11(7-14(15)21)13-10-20-26-19(13)12-8-17(24-3)18(25-4)9-16(12)23-2/h5-10,21H,1-4H3. The number of rotatable bonds is 6. The van der Waals surface area contributed by atoms with Gasteiger partial charge in [-0.15, -0.1) is 0 Å². The van der Waals surface area contributed by atoms with E-state index >= 15 is 0 Å². The second kappa shape index (κ2) is 7.53. The lowest BCUT2D eigenvalue weighted by atomic mass is 10.0. The maximum absolute atomic E-state index is 10.1. The van der Waals surface area contributed by atoms with E-state index in [9.17, 15) is 5.11 Å². The van der Waals surface area contributed by atoms with Crippen LogP contribution in [0.3, 0.4) is 0 Å². The molecule has 1 aromatic heterocycles. The third-order valence-electron chi connectivity index (χ3n) is 4.01. The molecule has 0 saturated carbocycles. The highest BCUT2D eigenvalue weighted by Crippen LogP contribution is 2.45. The minimum atomic E-state index is 0.0708. The number of aromatic hydroxyl groups is 1. The Labute approximate surface area is 155 Å². The number of nitrogens with zero attached hydrogens (tertiary/aromatic N) is 1.